The van der Waals surface area contributed by atoms with Gasteiger partial charge in [-0.05, 0) is 0 Å². The van der Waals surface area contributed by atoms with Crippen molar-refractivity contribution in [3.63, 3.8) is 0 Å². The summed E-state index contributed by atoms with van der Waals surface area (Å²) in [5.74, 6) is 0.386. The van der Waals surface area contributed by atoms with Crippen molar-refractivity contribution in [2.45, 2.75) is 24.9 Å². The van der Waals surface area contributed by atoms with Crippen molar-refractivity contribution in [2.24, 2.45) is 0 Å². The van der Waals surface area contributed by atoms with Gasteiger partial charge in [0.2, 0.25) is 0 Å². The van der Waals surface area contributed by atoms with Crippen molar-refractivity contribution in [2.75, 3.05) is 13.2 Å². The predicted octanol–water partition coefficient (Wildman–Crippen LogP) is -0.294. The standard InChI is InChI=1S/C7H11NO2/c9-7-1-5-3-10-4-6(2-7)8-5/h5-6,8H,1-4H2/t5-,6+. The lowest BCUT2D eigenvalue weighted by molar-refractivity contribution is -0.125. The Morgan fingerprint density at radius 1 is 1.30 bits per heavy atom. The molecule has 0 aromatic heterocycles. The average molecular weight is 141 g/mol. The average Bonchev–Trinajstić information content (AvgIpc) is 1.85. The van der Waals surface area contributed by atoms with Crippen LogP contribution in [0, 0.1) is 0 Å². The molecule has 0 spiro atoms. The van der Waals surface area contributed by atoms with Gasteiger partial charge in [0.25, 0.3) is 0 Å². The maximum Gasteiger partial charge on any atom is 0.136 e. The molecule has 2 heterocycles. The Balaban J connectivity index is 2.05. The molecule has 0 radical (unpaired) electrons. The molecule has 0 aliphatic carbocycles. The topological polar surface area (TPSA) is 38.3 Å². The molecule has 2 saturated heterocycles. The predicted molar refractivity (Wildman–Crippen MR) is 35.8 cm³/mol. The number of hydrogen-bond donors (Lipinski definition) is 1. The van der Waals surface area contributed by atoms with Crippen molar-refractivity contribution in [1.29, 1.82) is 0 Å². The Labute approximate surface area is 59.7 Å². The van der Waals surface area contributed by atoms with E-state index in [0.717, 1.165) is 0 Å². The molecule has 0 aromatic rings. The molecule has 0 saturated carbocycles. The molecule has 2 aliphatic heterocycles. The highest BCUT2D eigenvalue weighted by atomic mass is 16.5. The molecule has 2 fully saturated rings. The number of nitrogens with one attached hydrogen (secondary N) is 1. The second kappa shape index (κ2) is 2.32. The number of piperidine rings is 1. The molecule has 2 rings (SSSR count). The number of carbonyl (C=O) groups excluding carboxylic acids is 1. The summed E-state index contributed by atoms with van der Waals surface area (Å²) in [5, 5.41) is 3.34. The summed E-state index contributed by atoms with van der Waals surface area (Å²) in [6, 6.07) is 0.611. The second-order valence-corrected chi connectivity index (χ2v) is 3.04. The summed E-state index contributed by atoms with van der Waals surface area (Å²) in [6.45, 7) is 1.42. The third kappa shape index (κ3) is 1.07. The van der Waals surface area contributed by atoms with Crippen molar-refractivity contribution in [1.82, 2.24) is 5.32 Å². The fraction of sp³-hybridized carbons (Fsp3) is 0.857. The van der Waals surface area contributed by atoms with Crippen LogP contribution in [0.25, 0.3) is 0 Å². The Morgan fingerprint density at radius 2 is 1.90 bits per heavy atom. The van der Waals surface area contributed by atoms with E-state index >= 15 is 0 Å². The Kier molecular flexibility index (Phi) is 1.47. The quantitative estimate of drug-likeness (QED) is 0.503. The number of ether oxygens (including phenoxy) is 1. The lowest BCUT2D eigenvalue weighted by Gasteiger charge is -2.34. The summed E-state index contributed by atoms with van der Waals surface area (Å²) in [6.07, 6.45) is 1.33. The van der Waals surface area contributed by atoms with Crippen LogP contribution in [0.1, 0.15) is 12.8 Å². The Bertz CT molecular complexity index is 144. The highest BCUT2D eigenvalue weighted by molar-refractivity contribution is 5.80. The van der Waals surface area contributed by atoms with Crippen molar-refractivity contribution < 1.29 is 9.53 Å². The first-order valence-electron chi connectivity index (χ1n) is 3.70. The number of morpholine rings is 1. The molecule has 0 unspecified atom stereocenters. The molecular weight excluding hydrogens is 130 g/mol. The number of carbonyl (C=O) groups is 1. The van der Waals surface area contributed by atoms with E-state index in [2.05, 4.69) is 5.32 Å². The summed E-state index contributed by atoms with van der Waals surface area (Å²) >= 11 is 0. The van der Waals surface area contributed by atoms with Crippen LogP contribution >= 0.6 is 0 Å². The van der Waals surface area contributed by atoms with E-state index in [1.807, 2.05) is 0 Å². The molecule has 2 aliphatic rings. The van der Waals surface area contributed by atoms with Gasteiger partial charge in [-0.3, -0.25) is 4.79 Å². The molecule has 2 atom stereocenters. The fourth-order valence-electron chi connectivity index (χ4n) is 1.65. The van der Waals surface area contributed by atoms with E-state index in [1.54, 1.807) is 0 Å². The Hall–Kier alpha value is -0.410. The summed E-state index contributed by atoms with van der Waals surface area (Å²) < 4.78 is 5.27. The number of rotatable bonds is 0. The molecule has 3 nitrogen and oxygen atoms in total. The first kappa shape index (κ1) is 6.31. The highest BCUT2D eigenvalue weighted by Crippen LogP contribution is 2.14. The van der Waals surface area contributed by atoms with Gasteiger partial charge >= 0.3 is 0 Å². The molecular formula is C7H11NO2. The number of fused-ring (bicyclic) bond motifs is 2. The molecule has 56 valence electrons. The maximum atomic E-state index is 11.0. The van der Waals surface area contributed by atoms with Gasteiger partial charge in [-0.2, -0.15) is 0 Å². The van der Waals surface area contributed by atoms with Crippen LogP contribution in [0.3, 0.4) is 0 Å². The lowest BCUT2D eigenvalue weighted by Crippen LogP contribution is -2.54. The zero-order valence-corrected chi connectivity index (χ0v) is 5.80. The monoisotopic (exact) mass is 141 g/mol. The van der Waals surface area contributed by atoms with Gasteiger partial charge in [-0.15, -0.1) is 0 Å². The number of ketones is 1. The van der Waals surface area contributed by atoms with Crippen LogP contribution in [0.15, 0.2) is 0 Å². The van der Waals surface area contributed by atoms with E-state index in [4.69, 9.17) is 4.74 Å². The lowest BCUT2D eigenvalue weighted by atomic mass is 9.96. The van der Waals surface area contributed by atoms with Crippen molar-refractivity contribution in [3.8, 4) is 0 Å². The SMILES string of the molecule is O=C1C[C@H]2COC[C@@H](C1)N2. The van der Waals surface area contributed by atoms with Gasteiger partial charge in [0.1, 0.15) is 5.78 Å². The summed E-state index contributed by atoms with van der Waals surface area (Å²) in [5.41, 5.74) is 0. The molecule has 0 aromatic carbocycles. The third-order valence-electron chi connectivity index (χ3n) is 2.06. The van der Waals surface area contributed by atoms with Gasteiger partial charge in [-0.1, -0.05) is 0 Å². The molecule has 0 amide bonds. The van der Waals surface area contributed by atoms with E-state index in [-0.39, 0.29) is 0 Å². The van der Waals surface area contributed by atoms with Crippen LogP contribution in [-0.4, -0.2) is 31.1 Å². The molecule has 2 bridgehead atoms. The normalized spacial score (nSPS) is 39.8. The summed E-state index contributed by atoms with van der Waals surface area (Å²) in [7, 11) is 0. The second-order valence-electron chi connectivity index (χ2n) is 3.04. The van der Waals surface area contributed by atoms with Gasteiger partial charge in [-0.25, -0.2) is 0 Å². The van der Waals surface area contributed by atoms with Crippen LogP contribution in [0.4, 0.5) is 0 Å². The molecule has 1 N–H and O–H groups in total. The summed E-state index contributed by atoms with van der Waals surface area (Å²) in [4.78, 5) is 11.0. The smallest absolute Gasteiger partial charge is 0.136 e. The van der Waals surface area contributed by atoms with Gasteiger partial charge in [0.15, 0.2) is 0 Å². The fourth-order valence-corrected chi connectivity index (χ4v) is 1.65. The first-order valence-corrected chi connectivity index (χ1v) is 3.70. The van der Waals surface area contributed by atoms with E-state index in [1.165, 1.54) is 0 Å². The van der Waals surface area contributed by atoms with Crippen LogP contribution in [0.5, 0.6) is 0 Å². The van der Waals surface area contributed by atoms with Gasteiger partial charge < -0.3 is 10.1 Å². The van der Waals surface area contributed by atoms with Gasteiger partial charge in [0, 0.05) is 24.9 Å². The van der Waals surface area contributed by atoms with Gasteiger partial charge in [0.05, 0.1) is 13.2 Å². The third-order valence-corrected chi connectivity index (χ3v) is 2.06. The Morgan fingerprint density at radius 3 is 2.50 bits per heavy atom. The van der Waals surface area contributed by atoms with Crippen molar-refractivity contribution >= 4 is 5.78 Å². The molecule has 10 heavy (non-hydrogen) atoms. The maximum absolute atomic E-state index is 11.0. The molecule has 3 heteroatoms. The van der Waals surface area contributed by atoms with E-state index in [0.29, 0.717) is 43.9 Å². The highest BCUT2D eigenvalue weighted by Gasteiger charge is 2.29. The minimum Gasteiger partial charge on any atom is -0.378 e. The zero-order chi connectivity index (χ0) is 6.97. The van der Waals surface area contributed by atoms with E-state index < -0.39 is 0 Å². The number of Topliss-reactive ketones (excluding diaryl/α,β-unsaturated/α-hetero) is 1. The number of hydrogen-bond acceptors (Lipinski definition) is 3. The van der Waals surface area contributed by atoms with Crippen molar-refractivity contribution in [3.05, 3.63) is 0 Å². The van der Waals surface area contributed by atoms with E-state index in [9.17, 15) is 4.79 Å². The minimum atomic E-state index is 0.306. The first-order chi connectivity index (χ1) is 4.84. The van der Waals surface area contributed by atoms with Crippen LogP contribution < -0.4 is 5.32 Å². The van der Waals surface area contributed by atoms with Crippen LogP contribution in [0.2, 0.25) is 0 Å². The zero-order valence-electron chi connectivity index (χ0n) is 5.80. The van der Waals surface area contributed by atoms with Crippen LogP contribution in [-0.2, 0) is 9.53 Å². The largest absolute Gasteiger partial charge is 0.378 e. The minimum absolute atomic E-state index is 0.306.